The van der Waals surface area contributed by atoms with E-state index < -0.39 is 17.6 Å². The van der Waals surface area contributed by atoms with Gasteiger partial charge in [-0.25, -0.2) is 4.39 Å². The summed E-state index contributed by atoms with van der Waals surface area (Å²) in [6.07, 6.45) is -4.52. The summed E-state index contributed by atoms with van der Waals surface area (Å²) in [5, 5.41) is 0. The number of anilines is 1. The minimum absolute atomic E-state index is 0.0187. The van der Waals surface area contributed by atoms with Crippen LogP contribution in [0.3, 0.4) is 0 Å². The number of hydrogen-bond donors (Lipinski definition) is 1. The molecule has 2 aromatic rings. The summed E-state index contributed by atoms with van der Waals surface area (Å²) in [7, 11) is 0. The van der Waals surface area contributed by atoms with Gasteiger partial charge in [0.25, 0.3) is 0 Å². The van der Waals surface area contributed by atoms with Crippen molar-refractivity contribution < 1.29 is 17.6 Å². The average Bonchev–Trinajstić information content (AvgIpc) is 2.33. The minimum Gasteiger partial charge on any atom is -0.399 e. The third-order valence-corrected chi connectivity index (χ3v) is 3.49. The highest BCUT2D eigenvalue weighted by Gasteiger charge is 2.34. The second-order valence-corrected chi connectivity index (χ2v) is 4.87. The second kappa shape index (κ2) is 5.13. The molecule has 0 saturated carbocycles. The molecule has 0 aliphatic carbocycles. The molecule has 0 aromatic heterocycles. The van der Waals surface area contributed by atoms with Gasteiger partial charge in [0.15, 0.2) is 0 Å². The van der Waals surface area contributed by atoms with Crippen LogP contribution in [0.25, 0.3) is 0 Å². The number of alkyl halides is 3. The Hall–Kier alpha value is -1.69. The van der Waals surface area contributed by atoms with E-state index in [4.69, 9.17) is 5.73 Å². The highest BCUT2D eigenvalue weighted by atomic mass is 32.2. The van der Waals surface area contributed by atoms with Crippen LogP contribution in [-0.2, 0) is 6.18 Å². The van der Waals surface area contributed by atoms with E-state index in [0.717, 1.165) is 17.8 Å². The van der Waals surface area contributed by atoms with Crippen LogP contribution in [0.15, 0.2) is 52.3 Å². The van der Waals surface area contributed by atoms with Crippen LogP contribution in [0.2, 0.25) is 0 Å². The first-order valence-electron chi connectivity index (χ1n) is 5.27. The summed E-state index contributed by atoms with van der Waals surface area (Å²) >= 11 is 0.726. The molecule has 19 heavy (non-hydrogen) atoms. The first-order chi connectivity index (χ1) is 8.88. The average molecular weight is 287 g/mol. The van der Waals surface area contributed by atoms with Crippen molar-refractivity contribution in [2.75, 3.05) is 5.73 Å². The second-order valence-electron chi connectivity index (χ2n) is 3.79. The van der Waals surface area contributed by atoms with E-state index in [0.29, 0.717) is 0 Å². The summed E-state index contributed by atoms with van der Waals surface area (Å²) < 4.78 is 52.1. The fourth-order valence-corrected chi connectivity index (χ4v) is 2.47. The predicted molar refractivity (Wildman–Crippen MR) is 66.4 cm³/mol. The molecule has 0 heterocycles. The molecule has 0 aliphatic heterocycles. The Morgan fingerprint density at radius 1 is 0.947 bits per heavy atom. The molecule has 2 N–H and O–H groups in total. The molecule has 0 atom stereocenters. The topological polar surface area (TPSA) is 26.0 Å². The smallest absolute Gasteiger partial charge is 0.399 e. The maximum Gasteiger partial charge on any atom is 0.417 e. The van der Waals surface area contributed by atoms with Gasteiger partial charge in [-0.15, -0.1) is 0 Å². The summed E-state index contributed by atoms with van der Waals surface area (Å²) in [5.41, 5.74) is 4.52. The third-order valence-electron chi connectivity index (χ3n) is 2.37. The minimum atomic E-state index is -4.52. The molecule has 0 unspecified atom stereocenters. The number of nitrogen functional groups attached to an aromatic ring is 1. The van der Waals surface area contributed by atoms with Gasteiger partial charge in [0.2, 0.25) is 0 Å². The number of hydrogen-bond acceptors (Lipinski definition) is 2. The van der Waals surface area contributed by atoms with E-state index in [1.165, 1.54) is 30.3 Å². The normalized spacial score (nSPS) is 11.6. The third kappa shape index (κ3) is 3.20. The number of rotatable bonds is 2. The van der Waals surface area contributed by atoms with E-state index in [2.05, 4.69) is 0 Å². The molecule has 1 nitrogen and oxygen atoms in total. The van der Waals surface area contributed by atoms with Crippen molar-refractivity contribution in [3.63, 3.8) is 0 Å². The molecule has 0 spiro atoms. The number of halogens is 4. The van der Waals surface area contributed by atoms with Crippen molar-refractivity contribution in [1.82, 2.24) is 0 Å². The Morgan fingerprint density at radius 2 is 1.63 bits per heavy atom. The lowest BCUT2D eigenvalue weighted by molar-refractivity contribution is -0.139. The summed E-state index contributed by atoms with van der Waals surface area (Å²) in [5.74, 6) is -0.558. The monoisotopic (exact) mass is 287 g/mol. The molecule has 2 rings (SSSR count). The first-order valence-corrected chi connectivity index (χ1v) is 6.08. The van der Waals surface area contributed by atoms with Crippen LogP contribution in [-0.4, -0.2) is 0 Å². The molecule has 0 fully saturated rings. The predicted octanol–water partition coefficient (Wildman–Crippen LogP) is 4.58. The van der Waals surface area contributed by atoms with Crippen LogP contribution in [0.5, 0.6) is 0 Å². The van der Waals surface area contributed by atoms with Gasteiger partial charge in [0, 0.05) is 15.5 Å². The lowest BCUT2D eigenvalue weighted by Crippen LogP contribution is -2.07. The highest BCUT2D eigenvalue weighted by Crippen LogP contribution is 2.40. The van der Waals surface area contributed by atoms with Crippen molar-refractivity contribution >= 4 is 17.4 Å². The lowest BCUT2D eigenvalue weighted by Gasteiger charge is -2.13. The quantitative estimate of drug-likeness (QED) is 0.646. The fourth-order valence-electron chi connectivity index (χ4n) is 1.50. The molecule has 0 saturated heterocycles. The van der Waals surface area contributed by atoms with Gasteiger partial charge in [-0.05, 0) is 30.3 Å². The van der Waals surface area contributed by atoms with Crippen molar-refractivity contribution in [3.8, 4) is 0 Å². The van der Waals surface area contributed by atoms with Crippen molar-refractivity contribution in [2.45, 2.75) is 16.0 Å². The molecule has 0 radical (unpaired) electrons. The van der Waals surface area contributed by atoms with Gasteiger partial charge in [-0.2, -0.15) is 13.2 Å². The zero-order chi connectivity index (χ0) is 14.0. The Labute approximate surface area is 111 Å². The zero-order valence-corrected chi connectivity index (χ0v) is 10.4. The van der Waals surface area contributed by atoms with E-state index in [-0.39, 0.29) is 15.5 Å². The van der Waals surface area contributed by atoms with Crippen molar-refractivity contribution in [2.24, 2.45) is 0 Å². The largest absolute Gasteiger partial charge is 0.417 e. The van der Waals surface area contributed by atoms with Gasteiger partial charge in [0.05, 0.1) is 5.56 Å². The molecule has 2 aromatic carbocycles. The van der Waals surface area contributed by atoms with Gasteiger partial charge in [-0.1, -0.05) is 23.9 Å². The summed E-state index contributed by atoms with van der Waals surface area (Å²) in [6, 6.07) is 9.13. The van der Waals surface area contributed by atoms with Gasteiger partial charge >= 0.3 is 6.18 Å². The highest BCUT2D eigenvalue weighted by molar-refractivity contribution is 7.99. The van der Waals surface area contributed by atoms with Crippen LogP contribution in [0.4, 0.5) is 23.2 Å². The maximum absolute atomic E-state index is 13.5. The Kier molecular flexibility index (Phi) is 3.71. The summed E-state index contributed by atoms with van der Waals surface area (Å²) in [4.78, 5) is 0.0598. The Bertz CT molecular complexity index is 595. The van der Waals surface area contributed by atoms with Crippen LogP contribution < -0.4 is 5.73 Å². The molecule has 100 valence electrons. The van der Waals surface area contributed by atoms with Crippen molar-refractivity contribution in [3.05, 3.63) is 53.8 Å². The van der Waals surface area contributed by atoms with Gasteiger partial charge < -0.3 is 5.73 Å². The van der Waals surface area contributed by atoms with E-state index in [1.54, 1.807) is 6.07 Å². The summed E-state index contributed by atoms with van der Waals surface area (Å²) in [6.45, 7) is 0. The van der Waals surface area contributed by atoms with Gasteiger partial charge in [0.1, 0.15) is 5.82 Å². The molecule has 6 heteroatoms. The van der Waals surface area contributed by atoms with E-state index in [1.807, 2.05) is 0 Å². The Balaban J connectivity index is 2.44. The standard InChI is InChI=1S/C13H9F4NS/c14-10-3-1-2-4-12(10)19-11-6-5-8(18)7-9(11)13(15,16)17/h1-7H,18H2. The number of nitrogens with two attached hydrogens (primary N) is 1. The molecular weight excluding hydrogens is 278 g/mol. The molecule has 0 aliphatic rings. The van der Waals surface area contributed by atoms with Crippen LogP contribution in [0.1, 0.15) is 5.56 Å². The van der Waals surface area contributed by atoms with Crippen LogP contribution in [0, 0.1) is 5.82 Å². The van der Waals surface area contributed by atoms with Gasteiger partial charge in [-0.3, -0.25) is 0 Å². The van der Waals surface area contributed by atoms with E-state index in [9.17, 15) is 17.6 Å². The lowest BCUT2D eigenvalue weighted by atomic mass is 10.2. The zero-order valence-electron chi connectivity index (χ0n) is 9.54. The molecular formula is C13H9F4NS. The Morgan fingerprint density at radius 3 is 2.26 bits per heavy atom. The molecule has 0 amide bonds. The maximum atomic E-state index is 13.5. The first kappa shape index (κ1) is 13.7. The number of benzene rings is 2. The molecule has 0 bridgehead atoms. The SMILES string of the molecule is Nc1ccc(Sc2ccccc2F)c(C(F)(F)F)c1. The van der Waals surface area contributed by atoms with E-state index >= 15 is 0 Å². The van der Waals surface area contributed by atoms with Crippen LogP contribution >= 0.6 is 11.8 Å². The van der Waals surface area contributed by atoms with Crippen molar-refractivity contribution in [1.29, 1.82) is 0 Å². The fraction of sp³-hybridized carbons (Fsp3) is 0.0769.